The number of aromatic amines is 2. The summed E-state index contributed by atoms with van der Waals surface area (Å²) >= 11 is 0. The van der Waals surface area contributed by atoms with E-state index in [4.69, 9.17) is 23.9 Å². The van der Waals surface area contributed by atoms with Crippen LogP contribution in [0, 0.1) is 11.8 Å². The lowest BCUT2D eigenvalue weighted by atomic mass is 10.0. The van der Waals surface area contributed by atoms with Gasteiger partial charge in [0.1, 0.15) is 29.8 Å². The highest BCUT2D eigenvalue weighted by atomic mass is 16.5. The number of nitrogens with one attached hydrogen (secondary N) is 4. The first kappa shape index (κ1) is 47.9. The van der Waals surface area contributed by atoms with Crippen molar-refractivity contribution in [3.8, 4) is 45.1 Å². The first-order valence-electron chi connectivity index (χ1n) is 23.1. The normalized spacial score (nSPS) is 17.5. The van der Waals surface area contributed by atoms with Crippen molar-refractivity contribution in [3.63, 3.8) is 0 Å². The van der Waals surface area contributed by atoms with Crippen LogP contribution in [0.4, 0.5) is 14.4 Å². The van der Waals surface area contributed by atoms with Gasteiger partial charge in [-0.15, -0.1) is 0 Å². The Morgan fingerprint density at radius 3 is 1.52 bits per heavy atom. The topological polar surface area (TPSA) is 217 Å². The highest BCUT2D eigenvalue weighted by molar-refractivity contribution is 5.88. The number of carbonyl (C=O) groups is 5. The molecule has 4 N–H and O–H groups in total. The van der Waals surface area contributed by atoms with Crippen molar-refractivity contribution in [1.29, 1.82) is 0 Å². The van der Waals surface area contributed by atoms with Crippen molar-refractivity contribution in [1.82, 2.24) is 50.2 Å². The molecule has 0 spiro atoms. The Balaban J connectivity index is 0.964. The molecule has 4 atom stereocenters. The number of urea groups is 1. The number of H-pyrrole nitrogens is 2. The summed E-state index contributed by atoms with van der Waals surface area (Å²) in [4.78, 5) is 89.6. The molecule has 6 amide bonds. The van der Waals surface area contributed by atoms with Gasteiger partial charge in [0.15, 0.2) is 11.5 Å². The van der Waals surface area contributed by atoms with E-state index in [1.807, 2.05) is 88.4 Å². The molecule has 19 heteroatoms. The molecule has 2 fully saturated rings. The van der Waals surface area contributed by atoms with Crippen LogP contribution in [0.3, 0.4) is 0 Å². The molecule has 2 aromatic heterocycles. The van der Waals surface area contributed by atoms with Crippen LogP contribution in [-0.2, 0) is 32.2 Å². The highest BCUT2D eigenvalue weighted by Gasteiger charge is 2.44. The third kappa shape index (κ3) is 9.89. The van der Waals surface area contributed by atoms with Crippen LogP contribution in [0.15, 0.2) is 73.1 Å². The van der Waals surface area contributed by atoms with Crippen molar-refractivity contribution in [3.05, 3.63) is 95.8 Å². The average Bonchev–Trinajstić information content (AvgIpc) is 4.23. The Kier molecular flexibility index (Phi) is 14.1. The number of nitrogens with zero attached hydrogens (tertiary/aromatic N) is 6. The maximum atomic E-state index is 14.3. The lowest BCUT2D eigenvalue weighted by Gasteiger charge is -2.30. The molecule has 2 saturated heterocycles. The maximum absolute atomic E-state index is 14.3. The fraction of sp³-hybridized carbons (Fsp3) is 0.420. The molecule has 5 aromatic rings. The molecule has 0 radical (unpaired) electrons. The number of methoxy groups -OCH3 is 4. The zero-order valence-corrected chi connectivity index (χ0v) is 40.2. The van der Waals surface area contributed by atoms with Gasteiger partial charge < -0.3 is 59.1 Å². The predicted octanol–water partition coefficient (Wildman–Crippen LogP) is 6.85. The van der Waals surface area contributed by atoms with Gasteiger partial charge in [-0.3, -0.25) is 9.59 Å². The molecular weight excluding hydrogens is 885 g/mol. The van der Waals surface area contributed by atoms with Gasteiger partial charge in [-0.2, -0.15) is 0 Å². The first-order valence-corrected chi connectivity index (χ1v) is 23.1. The lowest BCUT2D eigenvalue weighted by Crippen LogP contribution is -2.52. The zero-order valence-electron chi connectivity index (χ0n) is 40.2. The van der Waals surface area contributed by atoms with Crippen LogP contribution < -0.4 is 20.1 Å². The first-order chi connectivity index (χ1) is 33.2. The molecule has 69 heavy (non-hydrogen) atoms. The summed E-state index contributed by atoms with van der Waals surface area (Å²) in [5.74, 6) is 1.42. The molecule has 0 saturated carbocycles. The molecule has 0 bridgehead atoms. The number of imidazole rings is 2. The van der Waals surface area contributed by atoms with E-state index in [0.717, 1.165) is 57.6 Å². The number of benzene rings is 3. The number of fused-ring (bicyclic) bond motifs is 1. The van der Waals surface area contributed by atoms with Gasteiger partial charge in [0, 0.05) is 19.6 Å². The average molecular weight is 945 g/mol. The van der Waals surface area contributed by atoms with Crippen LogP contribution in [0.25, 0.3) is 33.6 Å². The van der Waals surface area contributed by atoms with Gasteiger partial charge in [0.05, 0.1) is 71.5 Å². The monoisotopic (exact) mass is 944 g/mol. The second-order valence-corrected chi connectivity index (χ2v) is 18.2. The van der Waals surface area contributed by atoms with Crippen molar-refractivity contribution >= 4 is 30.0 Å². The zero-order chi connectivity index (χ0) is 49.1. The standard InChI is InChI=1S/C50H60N10O9/c1-28(2)42(55-48(63)68-7)46(61)59-19-9-10-38(59)44-51-22-36(53-44)32-15-11-30(12-16-32)31-13-17-33(18-14-31)37-23-52-45(54-37)39-26-58(27-60(39)47(62)43(29(3)4)56-49(64)69-8)50(65)57-24-34-20-40(66-5)41(67-6)21-35(34)25-57/h11-18,20-23,28-29,38-39,42-43H,9-10,19,24-27H2,1-8H3,(H,51,53)(H,52,54)(H,55,63)(H,56,64)/t38?,39?,42-,43-/m0/s1. The molecule has 364 valence electrons. The summed E-state index contributed by atoms with van der Waals surface area (Å²) in [5, 5.41) is 5.38. The number of ether oxygens (including phenoxy) is 4. The van der Waals surface area contributed by atoms with E-state index in [2.05, 4.69) is 25.6 Å². The van der Waals surface area contributed by atoms with E-state index in [1.165, 1.54) is 14.2 Å². The summed E-state index contributed by atoms with van der Waals surface area (Å²) in [7, 11) is 5.67. The van der Waals surface area contributed by atoms with Gasteiger partial charge in [-0.05, 0) is 70.2 Å². The van der Waals surface area contributed by atoms with Gasteiger partial charge in [0.2, 0.25) is 11.8 Å². The van der Waals surface area contributed by atoms with Crippen molar-refractivity contribution < 1.29 is 42.9 Å². The highest BCUT2D eigenvalue weighted by Crippen LogP contribution is 2.38. The van der Waals surface area contributed by atoms with E-state index >= 15 is 0 Å². The second kappa shape index (κ2) is 20.3. The third-order valence-electron chi connectivity index (χ3n) is 13.2. The summed E-state index contributed by atoms with van der Waals surface area (Å²) in [5.41, 5.74) is 7.27. The van der Waals surface area contributed by atoms with Crippen molar-refractivity contribution in [2.75, 3.05) is 48.2 Å². The lowest BCUT2D eigenvalue weighted by molar-refractivity contribution is -0.136. The van der Waals surface area contributed by atoms with E-state index in [-0.39, 0.29) is 48.9 Å². The number of hydrogen-bond acceptors (Lipinski definition) is 11. The minimum absolute atomic E-state index is 0.0183. The molecule has 8 rings (SSSR count). The summed E-state index contributed by atoms with van der Waals surface area (Å²) in [6.07, 6.45) is 3.72. The Morgan fingerprint density at radius 1 is 0.623 bits per heavy atom. The smallest absolute Gasteiger partial charge is 0.407 e. The third-order valence-corrected chi connectivity index (χ3v) is 13.2. The number of likely N-dealkylation sites (tertiary alicyclic amines) is 1. The van der Waals surface area contributed by atoms with Gasteiger partial charge in [-0.1, -0.05) is 76.2 Å². The molecule has 5 heterocycles. The van der Waals surface area contributed by atoms with Gasteiger partial charge in [0.25, 0.3) is 0 Å². The predicted molar refractivity (Wildman–Crippen MR) is 254 cm³/mol. The summed E-state index contributed by atoms with van der Waals surface area (Å²) in [6, 6.07) is 17.2. The number of alkyl carbamates (subject to hydrolysis) is 2. The molecule has 0 aliphatic carbocycles. The van der Waals surface area contributed by atoms with E-state index in [0.29, 0.717) is 42.8 Å². The van der Waals surface area contributed by atoms with Crippen LogP contribution >= 0.6 is 0 Å². The van der Waals surface area contributed by atoms with Crippen LogP contribution in [0.5, 0.6) is 11.5 Å². The molecule has 2 unspecified atom stereocenters. The quantitative estimate of drug-likeness (QED) is 0.0957. The van der Waals surface area contributed by atoms with Crippen LogP contribution in [0.2, 0.25) is 0 Å². The number of carbonyl (C=O) groups excluding carboxylic acids is 5. The van der Waals surface area contributed by atoms with Crippen molar-refractivity contribution in [2.24, 2.45) is 11.8 Å². The number of amides is 6. The largest absolute Gasteiger partial charge is 0.493 e. The minimum atomic E-state index is -0.916. The van der Waals surface area contributed by atoms with E-state index in [9.17, 15) is 24.0 Å². The molecule has 3 aliphatic rings. The summed E-state index contributed by atoms with van der Waals surface area (Å²) in [6.45, 7) is 8.90. The minimum Gasteiger partial charge on any atom is -0.493 e. The van der Waals surface area contributed by atoms with Gasteiger partial charge >= 0.3 is 18.2 Å². The van der Waals surface area contributed by atoms with Gasteiger partial charge in [-0.25, -0.2) is 24.4 Å². The number of rotatable bonds is 13. The Morgan fingerprint density at radius 2 is 1.07 bits per heavy atom. The fourth-order valence-electron chi connectivity index (χ4n) is 9.36. The van der Waals surface area contributed by atoms with E-state index in [1.54, 1.807) is 46.2 Å². The Hall–Kier alpha value is -7.57. The SMILES string of the molecule is COC(=O)N[C@H](C(=O)N1CCCC1c1ncc(-c2ccc(-c3ccc(-c4cnc(C5CN(C(=O)N6Cc7cc(OC)c(OC)cc7C6)CN5C(=O)[C@@H](NC(=O)OC)C(C)C)[nH]4)cc3)cc2)[nH]1)C(C)C. The second-order valence-electron chi connectivity index (χ2n) is 18.2. The molecule has 3 aliphatic heterocycles. The van der Waals surface area contributed by atoms with Crippen LogP contribution in [-0.4, -0.2) is 130 Å². The van der Waals surface area contributed by atoms with E-state index < -0.39 is 30.3 Å². The van der Waals surface area contributed by atoms with Crippen LogP contribution in [0.1, 0.15) is 75.4 Å². The number of aromatic nitrogens is 4. The maximum Gasteiger partial charge on any atom is 0.407 e. The molecular formula is C50H60N10O9. The fourth-order valence-corrected chi connectivity index (χ4v) is 9.36. The Bertz CT molecular complexity index is 2650. The molecule has 3 aromatic carbocycles. The summed E-state index contributed by atoms with van der Waals surface area (Å²) < 4.78 is 20.6. The van der Waals surface area contributed by atoms with Crippen molar-refractivity contribution in [2.45, 2.75) is 77.8 Å². The Labute approximate surface area is 400 Å². The molecule has 19 nitrogen and oxygen atoms in total. The number of hydrogen-bond donors (Lipinski definition) is 4.